The molecule has 1 aromatic carbocycles. The number of rotatable bonds is 3. The van der Waals surface area contributed by atoms with E-state index in [1.807, 2.05) is 0 Å². The molecule has 2 nitrogen and oxygen atoms in total. The Bertz CT molecular complexity index is 327. The molecule has 13 heavy (non-hydrogen) atoms. The Balaban J connectivity index is 2.90. The minimum atomic E-state index is -0.522. The Labute approximate surface area is 80.5 Å². The van der Waals surface area contributed by atoms with E-state index in [1.165, 1.54) is 18.2 Å². The van der Waals surface area contributed by atoms with Crippen LogP contribution in [0.2, 0.25) is 5.02 Å². The molecule has 0 atom stereocenters. The number of halogens is 2. The highest BCUT2D eigenvalue weighted by Gasteiger charge is 2.07. The van der Waals surface area contributed by atoms with E-state index in [9.17, 15) is 9.18 Å². The first-order valence-corrected chi connectivity index (χ1v) is 4.21. The maximum atomic E-state index is 12.7. The summed E-state index contributed by atoms with van der Waals surface area (Å²) in [4.78, 5) is 11.2. The van der Waals surface area contributed by atoms with Crippen LogP contribution in [0.5, 0.6) is 0 Å². The average molecular weight is 202 g/mol. The Morgan fingerprint density at radius 3 is 2.77 bits per heavy atom. The minimum Gasteiger partial charge on any atom is -0.330 e. The molecule has 70 valence electrons. The van der Waals surface area contributed by atoms with Gasteiger partial charge < -0.3 is 5.73 Å². The van der Waals surface area contributed by atoms with Crippen LogP contribution in [0.3, 0.4) is 0 Å². The van der Waals surface area contributed by atoms with E-state index in [0.717, 1.165) is 0 Å². The molecule has 0 aliphatic rings. The van der Waals surface area contributed by atoms with E-state index < -0.39 is 5.82 Å². The van der Waals surface area contributed by atoms with Crippen LogP contribution in [-0.4, -0.2) is 12.3 Å². The van der Waals surface area contributed by atoms with Gasteiger partial charge in [-0.05, 0) is 24.7 Å². The van der Waals surface area contributed by atoms with Crippen molar-refractivity contribution in [2.45, 2.75) is 6.42 Å². The normalized spacial score (nSPS) is 10.1. The van der Waals surface area contributed by atoms with Crippen LogP contribution in [-0.2, 0) is 0 Å². The van der Waals surface area contributed by atoms with Crippen LogP contribution in [0.25, 0.3) is 0 Å². The fraction of sp³-hybridized carbons (Fsp3) is 0.222. The predicted molar refractivity (Wildman–Crippen MR) is 49.4 cm³/mol. The Hall–Kier alpha value is -0.930. The second-order valence-electron chi connectivity index (χ2n) is 2.59. The van der Waals surface area contributed by atoms with Gasteiger partial charge in [0.15, 0.2) is 5.78 Å². The number of benzene rings is 1. The number of nitrogens with two attached hydrogens (primary N) is 1. The van der Waals surface area contributed by atoms with Gasteiger partial charge in [0.2, 0.25) is 0 Å². The third-order valence-corrected chi connectivity index (χ3v) is 1.90. The zero-order valence-electron chi connectivity index (χ0n) is 6.89. The minimum absolute atomic E-state index is 0.0390. The molecule has 0 bridgehead atoms. The van der Waals surface area contributed by atoms with Gasteiger partial charge in [0, 0.05) is 12.0 Å². The van der Waals surface area contributed by atoms with Crippen LogP contribution in [0.15, 0.2) is 18.2 Å². The highest BCUT2D eigenvalue weighted by molar-refractivity contribution is 6.31. The maximum absolute atomic E-state index is 12.7. The van der Waals surface area contributed by atoms with Crippen LogP contribution < -0.4 is 5.73 Å². The lowest BCUT2D eigenvalue weighted by molar-refractivity contribution is 0.0985. The van der Waals surface area contributed by atoms with Crippen molar-refractivity contribution in [2.24, 2.45) is 5.73 Å². The van der Waals surface area contributed by atoms with E-state index in [1.54, 1.807) is 0 Å². The van der Waals surface area contributed by atoms with E-state index in [-0.39, 0.29) is 23.8 Å². The van der Waals surface area contributed by atoms with Gasteiger partial charge >= 0.3 is 0 Å². The van der Waals surface area contributed by atoms with Crippen LogP contribution in [0.4, 0.5) is 4.39 Å². The molecule has 0 spiro atoms. The summed E-state index contributed by atoms with van der Waals surface area (Å²) in [5, 5.41) is -0.0390. The second-order valence-corrected chi connectivity index (χ2v) is 3.00. The van der Waals surface area contributed by atoms with Gasteiger partial charge in [0.05, 0.1) is 5.02 Å². The molecular weight excluding hydrogens is 193 g/mol. The fourth-order valence-electron chi connectivity index (χ4n) is 0.945. The third kappa shape index (κ3) is 2.50. The molecule has 1 rings (SSSR count). The highest BCUT2D eigenvalue weighted by atomic mass is 35.5. The van der Waals surface area contributed by atoms with Crippen molar-refractivity contribution in [3.63, 3.8) is 0 Å². The Morgan fingerprint density at radius 2 is 2.23 bits per heavy atom. The monoisotopic (exact) mass is 201 g/mol. The molecule has 0 fully saturated rings. The van der Waals surface area contributed by atoms with Crippen molar-refractivity contribution in [1.82, 2.24) is 0 Å². The van der Waals surface area contributed by atoms with Crippen molar-refractivity contribution in [2.75, 3.05) is 6.54 Å². The molecule has 0 aliphatic carbocycles. The molecule has 0 aromatic heterocycles. The summed E-state index contributed by atoms with van der Waals surface area (Å²) >= 11 is 5.50. The first-order valence-electron chi connectivity index (χ1n) is 3.83. The van der Waals surface area contributed by atoms with Gasteiger partial charge in [-0.15, -0.1) is 0 Å². The summed E-state index contributed by atoms with van der Waals surface area (Å²) in [5.41, 5.74) is 5.61. The quantitative estimate of drug-likeness (QED) is 0.761. The lowest BCUT2D eigenvalue weighted by atomic mass is 10.1. The number of ketones is 1. The molecule has 0 saturated heterocycles. The molecule has 0 radical (unpaired) electrons. The number of hydrogen-bond acceptors (Lipinski definition) is 2. The van der Waals surface area contributed by atoms with Gasteiger partial charge in [-0.1, -0.05) is 11.6 Å². The summed E-state index contributed by atoms with van der Waals surface area (Å²) in [6.45, 7) is 0.286. The third-order valence-electron chi connectivity index (χ3n) is 1.61. The lowest BCUT2D eigenvalue weighted by Crippen LogP contribution is -2.08. The van der Waals surface area contributed by atoms with E-state index in [0.29, 0.717) is 5.56 Å². The van der Waals surface area contributed by atoms with E-state index in [2.05, 4.69) is 0 Å². The topological polar surface area (TPSA) is 43.1 Å². The van der Waals surface area contributed by atoms with Gasteiger partial charge in [-0.25, -0.2) is 4.39 Å². The molecule has 0 amide bonds. The maximum Gasteiger partial charge on any atom is 0.164 e. The molecule has 0 heterocycles. The number of carbonyl (C=O) groups is 1. The van der Waals surface area contributed by atoms with Gasteiger partial charge in [0.25, 0.3) is 0 Å². The van der Waals surface area contributed by atoms with Crippen LogP contribution >= 0.6 is 11.6 Å². The average Bonchev–Trinajstić information content (AvgIpc) is 2.10. The number of hydrogen-bond donors (Lipinski definition) is 1. The van der Waals surface area contributed by atoms with Gasteiger partial charge in [-0.2, -0.15) is 0 Å². The molecule has 4 heteroatoms. The SMILES string of the molecule is NCCC(=O)c1ccc(F)c(Cl)c1. The van der Waals surface area contributed by atoms with Crippen molar-refractivity contribution in [3.8, 4) is 0 Å². The number of Topliss-reactive ketones (excluding diaryl/α,β-unsaturated/α-hetero) is 1. The molecule has 0 saturated carbocycles. The highest BCUT2D eigenvalue weighted by Crippen LogP contribution is 2.16. The van der Waals surface area contributed by atoms with E-state index in [4.69, 9.17) is 17.3 Å². The predicted octanol–water partition coefficient (Wildman–Crippen LogP) is 2.01. The molecule has 1 aromatic rings. The first kappa shape index (κ1) is 10.2. The van der Waals surface area contributed by atoms with E-state index >= 15 is 0 Å². The lowest BCUT2D eigenvalue weighted by Gasteiger charge is -2.00. The Morgan fingerprint density at radius 1 is 1.54 bits per heavy atom. The van der Waals surface area contributed by atoms with Crippen molar-refractivity contribution in [3.05, 3.63) is 34.6 Å². The second kappa shape index (κ2) is 4.35. The molecule has 2 N–H and O–H groups in total. The molecule has 0 aliphatic heterocycles. The molecule has 0 unspecified atom stereocenters. The zero-order chi connectivity index (χ0) is 9.84. The number of carbonyl (C=O) groups excluding carboxylic acids is 1. The summed E-state index contributed by atoms with van der Waals surface area (Å²) in [5.74, 6) is -0.643. The van der Waals surface area contributed by atoms with Crippen LogP contribution in [0, 0.1) is 5.82 Å². The summed E-state index contributed by atoms with van der Waals surface area (Å²) < 4.78 is 12.7. The van der Waals surface area contributed by atoms with Crippen molar-refractivity contribution in [1.29, 1.82) is 0 Å². The zero-order valence-corrected chi connectivity index (χ0v) is 7.64. The van der Waals surface area contributed by atoms with Gasteiger partial charge in [0.1, 0.15) is 5.82 Å². The summed E-state index contributed by atoms with van der Waals surface area (Å²) in [6, 6.07) is 3.89. The smallest absolute Gasteiger partial charge is 0.164 e. The van der Waals surface area contributed by atoms with Crippen LogP contribution in [0.1, 0.15) is 16.8 Å². The summed E-state index contributed by atoms with van der Waals surface area (Å²) in [6.07, 6.45) is 0.252. The standard InChI is InChI=1S/C9H9ClFNO/c10-7-5-6(1-2-8(7)11)9(13)3-4-12/h1-2,5H,3-4,12H2. The fourth-order valence-corrected chi connectivity index (χ4v) is 1.13. The summed E-state index contributed by atoms with van der Waals surface area (Å²) in [7, 11) is 0. The first-order chi connectivity index (χ1) is 6.15. The van der Waals surface area contributed by atoms with Crippen molar-refractivity contribution >= 4 is 17.4 Å². The largest absolute Gasteiger partial charge is 0.330 e. The van der Waals surface area contributed by atoms with Gasteiger partial charge in [-0.3, -0.25) is 4.79 Å². The van der Waals surface area contributed by atoms with Crippen molar-refractivity contribution < 1.29 is 9.18 Å². The Kier molecular flexibility index (Phi) is 3.39. The molecular formula is C9H9ClFNO.